The summed E-state index contributed by atoms with van der Waals surface area (Å²) < 4.78 is 5.77. The zero-order valence-corrected chi connectivity index (χ0v) is 13.4. The Morgan fingerprint density at radius 1 is 1.38 bits per heavy atom. The molecule has 1 atom stereocenters. The van der Waals surface area contributed by atoms with Crippen molar-refractivity contribution in [2.75, 3.05) is 24.2 Å². The van der Waals surface area contributed by atoms with Crippen molar-refractivity contribution in [3.05, 3.63) is 10.4 Å². The van der Waals surface area contributed by atoms with Gasteiger partial charge in [-0.15, -0.1) is 11.3 Å². The van der Waals surface area contributed by atoms with Gasteiger partial charge in [-0.1, -0.05) is 6.92 Å². The van der Waals surface area contributed by atoms with Gasteiger partial charge in [0, 0.05) is 25.1 Å². The van der Waals surface area contributed by atoms with Crippen molar-refractivity contribution in [3.63, 3.8) is 0 Å². The fraction of sp³-hybridized carbons (Fsp3) is 0.688. The fourth-order valence-electron chi connectivity index (χ4n) is 2.91. The van der Waals surface area contributed by atoms with Crippen LogP contribution in [-0.2, 0) is 4.74 Å². The number of nitrogen functional groups attached to an aromatic ring is 1. The molecule has 0 spiro atoms. The number of hydrogen-bond acceptors (Lipinski definition) is 5. The van der Waals surface area contributed by atoms with Crippen LogP contribution in [0.5, 0.6) is 0 Å². The van der Waals surface area contributed by atoms with Gasteiger partial charge in [0.15, 0.2) is 5.78 Å². The lowest BCUT2D eigenvalue weighted by Gasteiger charge is -2.23. The van der Waals surface area contributed by atoms with Crippen LogP contribution < -0.4 is 11.1 Å². The Bertz CT molecular complexity index is 517. The molecule has 1 saturated carbocycles. The average molecular weight is 308 g/mol. The minimum atomic E-state index is 0.154. The largest absolute Gasteiger partial charge is 0.397 e. The molecular formula is C16H24N2O2S. The van der Waals surface area contributed by atoms with E-state index < -0.39 is 0 Å². The Labute approximate surface area is 130 Å². The Kier molecular flexibility index (Phi) is 4.50. The normalized spacial score (nSPS) is 22.2. The van der Waals surface area contributed by atoms with Crippen LogP contribution in [0.25, 0.3) is 0 Å². The highest BCUT2D eigenvalue weighted by atomic mass is 32.1. The highest BCUT2D eigenvalue weighted by molar-refractivity contribution is 7.18. The van der Waals surface area contributed by atoms with Crippen LogP contribution in [0.2, 0.25) is 0 Å². The summed E-state index contributed by atoms with van der Waals surface area (Å²) in [5.41, 5.74) is 8.16. The van der Waals surface area contributed by atoms with Crippen molar-refractivity contribution in [2.24, 2.45) is 0 Å². The summed E-state index contributed by atoms with van der Waals surface area (Å²) in [4.78, 5) is 12.8. The molecule has 0 amide bonds. The molecule has 1 aliphatic heterocycles. The SMILES string of the molecule is CCC(=O)c1sc(NCC2CCCCO2)c(C2CC2)c1N. The van der Waals surface area contributed by atoms with Gasteiger partial charge in [0.2, 0.25) is 0 Å². The van der Waals surface area contributed by atoms with Crippen LogP contribution in [0, 0.1) is 0 Å². The standard InChI is InChI=1S/C16H24N2O2S/c1-2-12(19)15-14(17)13(10-6-7-10)16(21-15)18-9-11-5-3-4-8-20-11/h10-11,18H,2-9,17H2,1H3. The van der Waals surface area contributed by atoms with Crippen molar-refractivity contribution < 1.29 is 9.53 Å². The van der Waals surface area contributed by atoms with Crippen molar-refractivity contribution in [3.8, 4) is 0 Å². The van der Waals surface area contributed by atoms with E-state index >= 15 is 0 Å². The number of carbonyl (C=O) groups excluding carboxylic acids is 1. The highest BCUT2D eigenvalue weighted by Gasteiger charge is 2.32. The smallest absolute Gasteiger partial charge is 0.174 e. The van der Waals surface area contributed by atoms with Gasteiger partial charge >= 0.3 is 0 Å². The fourth-order valence-corrected chi connectivity index (χ4v) is 4.13. The maximum absolute atomic E-state index is 12.0. The summed E-state index contributed by atoms with van der Waals surface area (Å²) in [6, 6.07) is 0. The minimum absolute atomic E-state index is 0.154. The van der Waals surface area contributed by atoms with Crippen LogP contribution >= 0.6 is 11.3 Å². The molecule has 0 aromatic carbocycles. The molecule has 5 heteroatoms. The molecule has 3 N–H and O–H groups in total. The summed E-state index contributed by atoms with van der Waals surface area (Å²) >= 11 is 1.53. The lowest BCUT2D eigenvalue weighted by molar-refractivity contribution is 0.0248. The van der Waals surface area contributed by atoms with Gasteiger partial charge in [0.05, 0.1) is 21.7 Å². The number of ether oxygens (including phenoxy) is 1. The summed E-state index contributed by atoms with van der Waals surface area (Å²) in [5.74, 6) is 0.704. The molecule has 1 aromatic rings. The van der Waals surface area contributed by atoms with E-state index in [2.05, 4.69) is 5.32 Å². The number of thiophene rings is 1. The first-order valence-electron chi connectivity index (χ1n) is 8.01. The van der Waals surface area contributed by atoms with Crippen LogP contribution in [0.1, 0.15) is 66.6 Å². The number of carbonyl (C=O) groups is 1. The third kappa shape index (κ3) is 3.24. The number of ketones is 1. The molecule has 116 valence electrons. The van der Waals surface area contributed by atoms with Crippen molar-refractivity contribution >= 4 is 27.8 Å². The van der Waals surface area contributed by atoms with Gasteiger partial charge in [-0.3, -0.25) is 4.79 Å². The van der Waals surface area contributed by atoms with Crippen molar-refractivity contribution in [1.82, 2.24) is 0 Å². The van der Waals surface area contributed by atoms with Gasteiger partial charge in [-0.2, -0.15) is 0 Å². The highest BCUT2D eigenvalue weighted by Crippen LogP contribution is 2.51. The second kappa shape index (κ2) is 6.36. The number of Topliss-reactive ketones (excluding diaryl/α,β-unsaturated/α-hetero) is 1. The Hall–Kier alpha value is -1.07. The molecule has 1 unspecified atom stereocenters. The zero-order chi connectivity index (χ0) is 14.8. The summed E-state index contributed by atoms with van der Waals surface area (Å²) in [6.45, 7) is 3.58. The summed E-state index contributed by atoms with van der Waals surface area (Å²) in [6.07, 6.45) is 6.72. The maximum Gasteiger partial charge on any atom is 0.174 e. The Balaban J connectivity index is 1.75. The molecule has 0 bridgehead atoms. The maximum atomic E-state index is 12.0. The molecule has 1 aromatic heterocycles. The number of nitrogens with one attached hydrogen (secondary N) is 1. The molecule has 1 saturated heterocycles. The number of hydrogen-bond donors (Lipinski definition) is 2. The lowest BCUT2D eigenvalue weighted by Crippen LogP contribution is -2.26. The molecule has 2 aliphatic rings. The first-order chi connectivity index (χ1) is 10.2. The van der Waals surface area contributed by atoms with Crippen LogP contribution in [0.4, 0.5) is 10.7 Å². The van der Waals surface area contributed by atoms with Crippen LogP contribution in [-0.4, -0.2) is 25.0 Å². The molecule has 2 fully saturated rings. The second-order valence-electron chi connectivity index (χ2n) is 6.01. The van der Waals surface area contributed by atoms with E-state index in [0.29, 0.717) is 18.4 Å². The zero-order valence-electron chi connectivity index (χ0n) is 12.6. The Morgan fingerprint density at radius 2 is 2.19 bits per heavy atom. The van der Waals surface area contributed by atoms with E-state index in [-0.39, 0.29) is 5.78 Å². The number of nitrogens with two attached hydrogens (primary N) is 1. The predicted octanol–water partition coefficient (Wildman–Crippen LogP) is 3.78. The molecule has 3 rings (SSSR count). The van der Waals surface area contributed by atoms with E-state index in [0.717, 1.165) is 35.1 Å². The lowest BCUT2D eigenvalue weighted by atomic mass is 10.1. The van der Waals surface area contributed by atoms with Gasteiger partial charge in [-0.05, 0) is 38.0 Å². The average Bonchev–Trinajstić information content (AvgIpc) is 3.29. The predicted molar refractivity (Wildman–Crippen MR) is 87.4 cm³/mol. The van der Waals surface area contributed by atoms with Crippen LogP contribution in [0.15, 0.2) is 0 Å². The molecule has 4 nitrogen and oxygen atoms in total. The van der Waals surface area contributed by atoms with Gasteiger partial charge in [0.25, 0.3) is 0 Å². The second-order valence-corrected chi connectivity index (χ2v) is 7.03. The monoisotopic (exact) mass is 308 g/mol. The quantitative estimate of drug-likeness (QED) is 0.785. The summed E-state index contributed by atoms with van der Waals surface area (Å²) in [5, 5.41) is 4.60. The van der Waals surface area contributed by atoms with E-state index in [1.807, 2.05) is 6.92 Å². The van der Waals surface area contributed by atoms with E-state index in [9.17, 15) is 4.79 Å². The van der Waals surface area contributed by atoms with Gasteiger partial charge in [0.1, 0.15) is 0 Å². The Morgan fingerprint density at radius 3 is 2.81 bits per heavy atom. The van der Waals surface area contributed by atoms with Gasteiger partial charge in [-0.25, -0.2) is 0 Å². The van der Waals surface area contributed by atoms with Crippen molar-refractivity contribution in [2.45, 2.75) is 57.5 Å². The topological polar surface area (TPSA) is 64.3 Å². The minimum Gasteiger partial charge on any atom is -0.397 e. The third-order valence-corrected chi connectivity index (χ3v) is 5.53. The van der Waals surface area contributed by atoms with E-state index in [1.165, 1.54) is 42.6 Å². The van der Waals surface area contributed by atoms with Gasteiger partial charge < -0.3 is 15.8 Å². The van der Waals surface area contributed by atoms with Crippen molar-refractivity contribution in [1.29, 1.82) is 0 Å². The molecular weight excluding hydrogens is 284 g/mol. The molecule has 1 aliphatic carbocycles. The van der Waals surface area contributed by atoms with Crippen LogP contribution in [0.3, 0.4) is 0 Å². The molecule has 2 heterocycles. The number of rotatable bonds is 6. The molecule has 21 heavy (non-hydrogen) atoms. The number of anilines is 2. The third-order valence-electron chi connectivity index (χ3n) is 4.31. The molecule has 0 radical (unpaired) electrons. The van der Waals surface area contributed by atoms with E-state index in [4.69, 9.17) is 10.5 Å². The van der Waals surface area contributed by atoms with E-state index in [1.54, 1.807) is 0 Å². The first kappa shape index (κ1) is 14.9. The first-order valence-corrected chi connectivity index (χ1v) is 8.83. The summed E-state index contributed by atoms with van der Waals surface area (Å²) in [7, 11) is 0.